The second-order valence-electron chi connectivity index (χ2n) is 8.17. The van der Waals surface area contributed by atoms with Gasteiger partial charge in [0.2, 0.25) is 0 Å². The standard InChI is InChI=1S/C24H51N3/c1-2-3-4-5-6-7-8-9-10-11-12-13-14-15-16-17-22-27-23-20-24(26)19-18-21-25/h9-10,24,27H,2-8,11-23,25-26H2,1H3. The van der Waals surface area contributed by atoms with E-state index in [0.29, 0.717) is 6.04 Å². The lowest BCUT2D eigenvalue weighted by molar-refractivity contribution is 0.507. The average Bonchev–Trinajstić information content (AvgIpc) is 2.68. The van der Waals surface area contributed by atoms with Crippen molar-refractivity contribution in [2.24, 2.45) is 11.5 Å². The topological polar surface area (TPSA) is 64.1 Å². The van der Waals surface area contributed by atoms with Gasteiger partial charge in [-0.05, 0) is 71.0 Å². The number of allylic oxidation sites excluding steroid dienone is 2. The summed E-state index contributed by atoms with van der Waals surface area (Å²) < 4.78 is 0. The molecule has 5 N–H and O–H groups in total. The Hall–Kier alpha value is -0.380. The second kappa shape index (κ2) is 23.7. The number of unbranched alkanes of at least 4 members (excludes halogenated alkanes) is 12. The van der Waals surface area contributed by atoms with Crippen LogP contribution in [0.15, 0.2) is 12.2 Å². The predicted molar refractivity (Wildman–Crippen MR) is 123 cm³/mol. The van der Waals surface area contributed by atoms with E-state index >= 15 is 0 Å². The van der Waals surface area contributed by atoms with E-state index in [1.165, 1.54) is 89.9 Å². The Balaban J connectivity index is 3.11. The Morgan fingerprint density at radius 2 is 1.22 bits per heavy atom. The van der Waals surface area contributed by atoms with Crippen LogP contribution in [0.1, 0.15) is 116 Å². The molecule has 0 amide bonds. The van der Waals surface area contributed by atoms with E-state index in [-0.39, 0.29) is 0 Å². The summed E-state index contributed by atoms with van der Waals surface area (Å²) in [7, 11) is 0. The first-order chi connectivity index (χ1) is 13.3. The largest absolute Gasteiger partial charge is 0.330 e. The molecule has 0 bridgehead atoms. The van der Waals surface area contributed by atoms with Gasteiger partial charge in [-0.25, -0.2) is 0 Å². The third-order valence-corrected chi connectivity index (χ3v) is 5.34. The third kappa shape index (κ3) is 23.6. The van der Waals surface area contributed by atoms with Crippen LogP contribution < -0.4 is 16.8 Å². The Morgan fingerprint density at radius 1 is 0.667 bits per heavy atom. The average molecular weight is 382 g/mol. The lowest BCUT2D eigenvalue weighted by Gasteiger charge is -2.11. The molecule has 1 unspecified atom stereocenters. The molecular formula is C24H51N3. The van der Waals surface area contributed by atoms with Crippen LogP contribution in [0.25, 0.3) is 0 Å². The number of nitrogens with two attached hydrogens (primary N) is 2. The van der Waals surface area contributed by atoms with Crippen LogP contribution in [-0.4, -0.2) is 25.7 Å². The molecule has 0 saturated heterocycles. The van der Waals surface area contributed by atoms with Gasteiger partial charge in [0.1, 0.15) is 0 Å². The first kappa shape index (κ1) is 26.6. The van der Waals surface area contributed by atoms with Crippen molar-refractivity contribution in [1.82, 2.24) is 5.32 Å². The summed E-state index contributed by atoms with van der Waals surface area (Å²) in [6.45, 7) is 5.24. The Morgan fingerprint density at radius 3 is 1.81 bits per heavy atom. The maximum Gasteiger partial charge on any atom is 0.00513 e. The quantitative estimate of drug-likeness (QED) is 0.157. The predicted octanol–water partition coefficient (Wildman–Crippen LogP) is 6.07. The van der Waals surface area contributed by atoms with Crippen molar-refractivity contribution in [3.8, 4) is 0 Å². The first-order valence-electron chi connectivity index (χ1n) is 12.1. The van der Waals surface area contributed by atoms with Gasteiger partial charge in [-0.3, -0.25) is 0 Å². The zero-order valence-corrected chi connectivity index (χ0v) is 18.5. The lowest BCUT2D eigenvalue weighted by atomic mass is 10.1. The van der Waals surface area contributed by atoms with Gasteiger partial charge in [-0.2, -0.15) is 0 Å². The van der Waals surface area contributed by atoms with Gasteiger partial charge < -0.3 is 16.8 Å². The smallest absolute Gasteiger partial charge is 0.00513 e. The molecule has 0 aliphatic heterocycles. The van der Waals surface area contributed by atoms with Crippen LogP contribution in [0, 0.1) is 0 Å². The summed E-state index contributed by atoms with van der Waals surface area (Å²) >= 11 is 0. The highest BCUT2D eigenvalue weighted by molar-refractivity contribution is 4.81. The highest BCUT2D eigenvalue weighted by Crippen LogP contribution is 2.09. The van der Waals surface area contributed by atoms with Crippen LogP contribution in [0.2, 0.25) is 0 Å². The summed E-state index contributed by atoms with van der Waals surface area (Å²) in [5.41, 5.74) is 11.5. The van der Waals surface area contributed by atoms with Gasteiger partial charge in [0.05, 0.1) is 0 Å². The van der Waals surface area contributed by atoms with E-state index in [0.717, 1.165) is 38.9 Å². The van der Waals surface area contributed by atoms with Crippen molar-refractivity contribution >= 4 is 0 Å². The highest BCUT2D eigenvalue weighted by Gasteiger charge is 2.00. The van der Waals surface area contributed by atoms with Gasteiger partial charge in [0.25, 0.3) is 0 Å². The maximum atomic E-state index is 6.04. The van der Waals surface area contributed by atoms with E-state index in [4.69, 9.17) is 11.5 Å². The summed E-state index contributed by atoms with van der Waals surface area (Å²) in [6.07, 6.45) is 27.2. The minimum Gasteiger partial charge on any atom is -0.330 e. The minimum absolute atomic E-state index is 0.320. The Bertz CT molecular complexity index is 291. The molecule has 1 atom stereocenters. The summed E-state index contributed by atoms with van der Waals surface area (Å²) in [4.78, 5) is 0. The van der Waals surface area contributed by atoms with Gasteiger partial charge in [-0.15, -0.1) is 0 Å². The minimum atomic E-state index is 0.320. The molecule has 0 aromatic rings. The summed E-state index contributed by atoms with van der Waals surface area (Å²) in [5, 5.41) is 3.52. The molecule has 3 heteroatoms. The fourth-order valence-electron chi connectivity index (χ4n) is 3.43. The summed E-state index contributed by atoms with van der Waals surface area (Å²) in [5.74, 6) is 0. The molecule has 0 spiro atoms. The molecule has 0 saturated carbocycles. The van der Waals surface area contributed by atoms with Crippen LogP contribution in [-0.2, 0) is 0 Å². The van der Waals surface area contributed by atoms with Crippen LogP contribution in [0.5, 0.6) is 0 Å². The molecule has 0 aromatic carbocycles. The second-order valence-corrected chi connectivity index (χ2v) is 8.17. The molecule has 0 fully saturated rings. The Labute approximate surface area is 171 Å². The molecule has 0 rings (SSSR count). The molecule has 3 nitrogen and oxygen atoms in total. The van der Waals surface area contributed by atoms with Gasteiger partial charge in [0, 0.05) is 6.04 Å². The number of rotatable bonds is 22. The zero-order chi connectivity index (χ0) is 19.8. The molecule has 162 valence electrons. The molecule has 0 aliphatic rings. The molecular weight excluding hydrogens is 330 g/mol. The monoisotopic (exact) mass is 381 g/mol. The number of nitrogens with one attached hydrogen (secondary N) is 1. The zero-order valence-electron chi connectivity index (χ0n) is 18.5. The fourth-order valence-corrected chi connectivity index (χ4v) is 3.43. The van der Waals surface area contributed by atoms with Crippen molar-refractivity contribution in [3.05, 3.63) is 12.2 Å². The van der Waals surface area contributed by atoms with Gasteiger partial charge in [0.15, 0.2) is 0 Å². The number of hydrogen-bond acceptors (Lipinski definition) is 3. The Kier molecular flexibility index (Phi) is 23.3. The normalized spacial score (nSPS) is 12.9. The third-order valence-electron chi connectivity index (χ3n) is 5.34. The first-order valence-corrected chi connectivity index (χ1v) is 12.1. The van der Waals surface area contributed by atoms with E-state index in [9.17, 15) is 0 Å². The van der Waals surface area contributed by atoms with Crippen LogP contribution in [0.3, 0.4) is 0 Å². The molecule has 27 heavy (non-hydrogen) atoms. The van der Waals surface area contributed by atoms with Crippen molar-refractivity contribution in [1.29, 1.82) is 0 Å². The van der Waals surface area contributed by atoms with Crippen LogP contribution >= 0.6 is 0 Å². The maximum absolute atomic E-state index is 6.04. The lowest BCUT2D eigenvalue weighted by Crippen LogP contribution is -2.27. The molecule has 0 aromatic heterocycles. The van der Waals surface area contributed by atoms with Crippen molar-refractivity contribution in [3.63, 3.8) is 0 Å². The van der Waals surface area contributed by atoms with Gasteiger partial charge in [-0.1, -0.05) is 76.9 Å². The van der Waals surface area contributed by atoms with E-state index in [1.807, 2.05) is 0 Å². The van der Waals surface area contributed by atoms with Gasteiger partial charge >= 0.3 is 0 Å². The molecule has 0 radical (unpaired) electrons. The molecule has 0 aliphatic carbocycles. The van der Waals surface area contributed by atoms with Crippen molar-refractivity contribution in [2.75, 3.05) is 19.6 Å². The van der Waals surface area contributed by atoms with Crippen LogP contribution in [0.4, 0.5) is 0 Å². The van der Waals surface area contributed by atoms with Crippen molar-refractivity contribution in [2.45, 2.75) is 122 Å². The SMILES string of the molecule is CCCCCCCCC=CCCCCCCCCNCCC(N)CCCN. The van der Waals surface area contributed by atoms with Crippen molar-refractivity contribution < 1.29 is 0 Å². The van der Waals surface area contributed by atoms with E-state index in [2.05, 4.69) is 24.4 Å². The van der Waals surface area contributed by atoms with E-state index < -0.39 is 0 Å². The summed E-state index contributed by atoms with van der Waals surface area (Å²) in [6, 6.07) is 0.320. The molecule has 0 heterocycles. The number of hydrogen-bond donors (Lipinski definition) is 3. The fraction of sp³-hybridized carbons (Fsp3) is 0.917. The van der Waals surface area contributed by atoms with E-state index in [1.54, 1.807) is 0 Å². The highest BCUT2D eigenvalue weighted by atomic mass is 14.9.